The molecular weight excluding hydrogens is 298 g/mol. The van der Waals surface area contributed by atoms with Gasteiger partial charge in [0.1, 0.15) is 4.60 Å². The first-order valence-electron chi connectivity index (χ1n) is 6.08. The molecule has 1 aromatic rings. The molecule has 0 aromatic carbocycles. The van der Waals surface area contributed by atoms with Gasteiger partial charge < -0.3 is 10.1 Å². The van der Waals surface area contributed by atoms with Crippen molar-refractivity contribution in [3.63, 3.8) is 0 Å². The predicted octanol–water partition coefficient (Wildman–Crippen LogP) is 1.32. The van der Waals surface area contributed by atoms with Crippen molar-refractivity contribution >= 4 is 27.7 Å². The Morgan fingerprint density at radius 1 is 1.39 bits per heavy atom. The summed E-state index contributed by atoms with van der Waals surface area (Å²) in [7, 11) is 0. The van der Waals surface area contributed by atoms with E-state index in [1.54, 1.807) is 0 Å². The molecule has 3 rings (SSSR count). The van der Waals surface area contributed by atoms with Crippen molar-refractivity contribution < 1.29 is 9.53 Å². The van der Waals surface area contributed by atoms with Crippen LogP contribution in [-0.2, 0) is 4.79 Å². The zero-order chi connectivity index (χ0) is 12.5. The Bertz CT molecular complexity index is 474. The average Bonchev–Trinajstić information content (AvgIpc) is 2.39. The van der Waals surface area contributed by atoms with Crippen molar-refractivity contribution in [2.24, 2.45) is 0 Å². The Morgan fingerprint density at radius 2 is 2.17 bits per heavy atom. The third-order valence-corrected chi connectivity index (χ3v) is 3.77. The van der Waals surface area contributed by atoms with Crippen LogP contribution in [0.5, 0.6) is 5.75 Å². The Hall–Kier alpha value is -1.14. The average molecular weight is 312 g/mol. The highest BCUT2D eigenvalue weighted by Gasteiger charge is 2.33. The largest absolute Gasteiger partial charge is 0.480 e. The second-order valence-corrected chi connectivity index (χ2v) is 5.30. The summed E-state index contributed by atoms with van der Waals surface area (Å²) >= 11 is 3.34. The number of piperidine rings is 1. The topological polar surface area (TPSA) is 54.5 Å². The van der Waals surface area contributed by atoms with Crippen LogP contribution >= 0.6 is 15.9 Å². The van der Waals surface area contributed by atoms with Gasteiger partial charge in [0.15, 0.2) is 18.2 Å². The maximum Gasteiger partial charge on any atom is 0.266 e. The highest BCUT2D eigenvalue weighted by atomic mass is 79.9. The van der Waals surface area contributed by atoms with E-state index in [1.165, 1.54) is 0 Å². The fraction of sp³-hybridized carbons (Fsp3) is 0.500. The van der Waals surface area contributed by atoms with Gasteiger partial charge in [0.2, 0.25) is 0 Å². The van der Waals surface area contributed by atoms with Crippen molar-refractivity contribution in [2.75, 3.05) is 24.6 Å². The van der Waals surface area contributed by atoms with Crippen molar-refractivity contribution in [1.82, 2.24) is 10.3 Å². The molecule has 1 N–H and O–H groups in total. The van der Waals surface area contributed by atoms with Gasteiger partial charge in [-0.15, -0.1) is 0 Å². The van der Waals surface area contributed by atoms with E-state index in [2.05, 4.69) is 26.2 Å². The predicted molar refractivity (Wildman–Crippen MR) is 70.8 cm³/mol. The molecule has 3 heterocycles. The third kappa shape index (κ3) is 2.10. The second kappa shape index (κ2) is 4.85. The molecule has 0 radical (unpaired) electrons. The van der Waals surface area contributed by atoms with Crippen LogP contribution in [0.1, 0.15) is 12.8 Å². The molecule has 1 amide bonds. The van der Waals surface area contributed by atoms with E-state index in [9.17, 15) is 4.79 Å². The number of rotatable bonds is 1. The molecule has 1 fully saturated rings. The summed E-state index contributed by atoms with van der Waals surface area (Å²) in [5.41, 5.74) is 0. The number of hydrogen-bond acceptors (Lipinski definition) is 4. The standard InChI is InChI=1S/C12H14BrN3O2/c13-10-2-1-9-12(15-10)16(11(17)7-18-9)8-3-5-14-6-4-8/h1-2,8,14H,3-7H2. The Morgan fingerprint density at radius 3 is 2.94 bits per heavy atom. The highest BCUT2D eigenvalue weighted by Crippen LogP contribution is 2.34. The van der Waals surface area contributed by atoms with E-state index in [0.29, 0.717) is 11.6 Å². The van der Waals surface area contributed by atoms with Crippen molar-refractivity contribution in [3.8, 4) is 5.75 Å². The minimum Gasteiger partial charge on any atom is -0.480 e. The third-order valence-electron chi connectivity index (χ3n) is 3.33. The van der Waals surface area contributed by atoms with Crippen molar-refractivity contribution in [3.05, 3.63) is 16.7 Å². The van der Waals surface area contributed by atoms with Gasteiger partial charge in [-0.1, -0.05) is 0 Å². The number of ether oxygens (including phenoxy) is 1. The molecule has 18 heavy (non-hydrogen) atoms. The van der Waals surface area contributed by atoms with Crippen LogP contribution in [0.15, 0.2) is 16.7 Å². The molecule has 0 bridgehead atoms. The van der Waals surface area contributed by atoms with E-state index >= 15 is 0 Å². The lowest BCUT2D eigenvalue weighted by atomic mass is 10.0. The molecule has 1 saturated heterocycles. The molecule has 0 unspecified atom stereocenters. The minimum atomic E-state index is 0.000000000000000222. The number of carbonyl (C=O) groups is 1. The molecule has 2 aliphatic rings. The van der Waals surface area contributed by atoms with Gasteiger partial charge in [0.05, 0.1) is 0 Å². The van der Waals surface area contributed by atoms with Crippen molar-refractivity contribution in [2.45, 2.75) is 18.9 Å². The molecule has 0 saturated carbocycles. The molecule has 2 aliphatic heterocycles. The second-order valence-electron chi connectivity index (χ2n) is 4.49. The lowest BCUT2D eigenvalue weighted by Crippen LogP contribution is -2.50. The quantitative estimate of drug-likeness (QED) is 0.795. The fourth-order valence-electron chi connectivity index (χ4n) is 2.47. The lowest BCUT2D eigenvalue weighted by molar-refractivity contribution is -0.122. The van der Waals surface area contributed by atoms with Gasteiger partial charge in [-0.2, -0.15) is 0 Å². The first kappa shape index (κ1) is 11.9. The van der Waals surface area contributed by atoms with Gasteiger partial charge in [-0.3, -0.25) is 9.69 Å². The number of hydrogen-bond donors (Lipinski definition) is 1. The zero-order valence-electron chi connectivity index (χ0n) is 9.86. The summed E-state index contributed by atoms with van der Waals surface area (Å²) in [5, 5.41) is 3.31. The molecule has 96 valence electrons. The number of pyridine rings is 1. The van der Waals surface area contributed by atoms with Gasteiger partial charge >= 0.3 is 0 Å². The van der Waals surface area contributed by atoms with Crippen LogP contribution in [0.4, 0.5) is 5.82 Å². The number of amides is 1. The molecule has 0 spiro atoms. The normalized spacial score (nSPS) is 20.5. The summed E-state index contributed by atoms with van der Waals surface area (Å²) in [6, 6.07) is 3.91. The number of aromatic nitrogens is 1. The van der Waals surface area contributed by atoms with E-state index < -0.39 is 0 Å². The van der Waals surface area contributed by atoms with Gasteiger partial charge in [0, 0.05) is 6.04 Å². The Balaban J connectivity index is 1.97. The number of anilines is 1. The minimum absolute atomic E-state index is 0.000000000000000222. The molecule has 6 heteroatoms. The van der Waals surface area contributed by atoms with E-state index in [1.807, 2.05) is 17.0 Å². The summed E-state index contributed by atoms with van der Waals surface area (Å²) < 4.78 is 6.14. The molecule has 1 aromatic heterocycles. The monoisotopic (exact) mass is 311 g/mol. The van der Waals surface area contributed by atoms with E-state index in [4.69, 9.17) is 4.74 Å². The highest BCUT2D eigenvalue weighted by molar-refractivity contribution is 9.10. The van der Waals surface area contributed by atoms with Crippen LogP contribution in [-0.4, -0.2) is 36.6 Å². The number of nitrogens with one attached hydrogen (secondary N) is 1. The molecule has 0 aliphatic carbocycles. The Kier molecular flexibility index (Phi) is 3.22. The molecular formula is C12H14BrN3O2. The first-order chi connectivity index (χ1) is 8.75. The Labute approximate surface area is 114 Å². The van der Waals surface area contributed by atoms with Crippen LogP contribution in [0.25, 0.3) is 0 Å². The van der Waals surface area contributed by atoms with Gasteiger partial charge in [-0.05, 0) is 54.0 Å². The maximum atomic E-state index is 12.1. The summed E-state index contributed by atoms with van der Waals surface area (Å²) in [4.78, 5) is 18.3. The lowest BCUT2D eigenvalue weighted by Gasteiger charge is -2.36. The van der Waals surface area contributed by atoms with Crippen LogP contribution in [0, 0.1) is 0 Å². The maximum absolute atomic E-state index is 12.1. The smallest absolute Gasteiger partial charge is 0.266 e. The molecule has 0 atom stereocenters. The van der Waals surface area contributed by atoms with Gasteiger partial charge in [-0.25, -0.2) is 4.98 Å². The summed E-state index contributed by atoms with van der Waals surface area (Å²) in [6.07, 6.45) is 1.92. The van der Waals surface area contributed by atoms with E-state index in [0.717, 1.165) is 30.5 Å². The first-order valence-corrected chi connectivity index (χ1v) is 6.87. The van der Waals surface area contributed by atoms with Crippen LogP contribution in [0.3, 0.4) is 0 Å². The summed E-state index contributed by atoms with van der Waals surface area (Å²) in [5.74, 6) is 1.34. The number of carbonyl (C=O) groups excluding carboxylic acids is 1. The van der Waals surface area contributed by atoms with Crippen LogP contribution in [0.2, 0.25) is 0 Å². The summed E-state index contributed by atoms with van der Waals surface area (Å²) in [6.45, 7) is 2.00. The van der Waals surface area contributed by atoms with Gasteiger partial charge in [0.25, 0.3) is 5.91 Å². The molecule has 5 nitrogen and oxygen atoms in total. The fourth-order valence-corrected chi connectivity index (χ4v) is 2.77. The van der Waals surface area contributed by atoms with E-state index in [-0.39, 0.29) is 18.6 Å². The van der Waals surface area contributed by atoms with Crippen molar-refractivity contribution in [1.29, 1.82) is 0 Å². The number of halogens is 1. The number of fused-ring (bicyclic) bond motifs is 1. The van der Waals surface area contributed by atoms with Crippen LogP contribution < -0.4 is 15.0 Å². The zero-order valence-corrected chi connectivity index (χ0v) is 11.4. The SMILES string of the molecule is O=C1COc2ccc(Br)nc2N1C1CCNCC1. The number of nitrogens with zero attached hydrogens (tertiary/aromatic N) is 2.